The van der Waals surface area contributed by atoms with Crippen LogP contribution in [0.5, 0.6) is 0 Å². The summed E-state index contributed by atoms with van der Waals surface area (Å²) < 4.78 is 4.91. The summed E-state index contributed by atoms with van der Waals surface area (Å²) in [5.41, 5.74) is -0.469. The average Bonchev–Trinajstić information content (AvgIpc) is 2.66. The zero-order chi connectivity index (χ0) is 14.8. The van der Waals surface area contributed by atoms with Gasteiger partial charge in [-0.25, -0.2) is 0 Å². The summed E-state index contributed by atoms with van der Waals surface area (Å²) in [6.45, 7) is 3.72. The van der Waals surface area contributed by atoms with Crippen molar-refractivity contribution in [2.45, 2.75) is 20.4 Å². The Morgan fingerprint density at radius 3 is 2.55 bits per heavy atom. The van der Waals surface area contributed by atoms with E-state index < -0.39 is 23.1 Å². The number of carbonyl (C=O) groups excluding carboxylic acids is 3. The van der Waals surface area contributed by atoms with Gasteiger partial charge in [0.2, 0.25) is 5.78 Å². The fourth-order valence-corrected chi connectivity index (χ4v) is 2.28. The van der Waals surface area contributed by atoms with Crippen molar-refractivity contribution in [1.82, 2.24) is 4.90 Å². The molecule has 1 saturated heterocycles. The monoisotopic (exact) mass is 275 g/mol. The van der Waals surface area contributed by atoms with Crippen LogP contribution in [0.3, 0.4) is 0 Å². The topological polar surface area (TPSA) is 63.7 Å². The van der Waals surface area contributed by atoms with Crippen LogP contribution in [0.15, 0.2) is 30.3 Å². The van der Waals surface area contributed by atoms with Crippen molar-refractivity contribution in [1.29, 1.82) is 0 Å². The molecule has 0 unspecified atom stereocenters. The zero-order valence-corrected chi connectivity index (χ0v) is 11.6. The second-order valence-corrected chi connectivity index (χ2v) is 5.03. The Morgan fingerprint density at radius 2 is 1.95 bits per heavy atom. The number of benzene rings is 1. The van der Waals surface area contributed by atoms with Crippen molar-refractivity contribution in [3.8, 4) is 0 Å². The normalized spacial score (nSPS) is 22.2. The lowest BCUT2D eigenvalue weighted by Gasteiger charge is -2.20. The predicted molar refractivity (Wildman–Crippen MR) is 71.6 cm³/mol. The third-order valence-electron chi connectivity index (χ3n) is 3.43. The maximum Gasteiger partial charge on any atom is 0.321 e. The lowest BCUT2D eigenvalue weighted by molar-refractivity contribution is -0.158. The van der Waals surface area contributed by atoms with Gasteiger partial charge >= 0.3 is 5.97 Å². The van der Waals surface area contributed by atoms with Crippen molar-refractivity contribution >= 4 is 17.7 Å². The SMILES string of the molecule is CCOC(=O)[C@]1(C)CN(Cc2ccccc2)C(=O)C1=O. The lowest BCUT2D eigenvalue weighted by atomic mass is 9.88. The van der Waals surface area contributed by atoms with Gasteiger partial charge in [-0.1, -0.05) is 30.3 Å². The molecule has 1 aromatic carbocycles. The third kappa shape index (κ3) is 2.43. The molecule has 1 aliphatic heterocycles. The van der Waals surface area contributed by atoms with Crippen LogP contribution in [0.4, 0.5) is 0 Å². The molecule has 106 valence electrons. The second-order valence-electron chi connectivity index (χ2n) is 5.03. The summed E-state index contributed by atoms with van der Waals surface area (Å²) in [7, 11) is 0. The summed E-state index contributed by atoms with van der Waals surface area (Å²) >= 11 is 0. The van der Waals surface area contributed by atoms with E-state index in [4.69, 9.17) is 4.74 Å². The number of ketones is 1. The molecule has 1 fully saturated rings. The van der Waals surface area contributed by atoms with E-state index in [1.165, 1.54) is 11.8 Å². The Balaban J connectivity index is 2.17. The van der Waals surface area contributed by atoms with Crippen LogP contribution in [0.25, 0.3) is 0 Å². The zero-order valence-electron chi connectivity index (χ0n) is 11.6. The van der Waals surface area contributed by atoms with Gasteiger partial charge in [0.05, 0.1) is 6.61 Å². The molecule has 0 aromatic heterocycles. The summed E-state index contributed by atoms with van der Waals surface area (Å²) in [5.74, 6) is -1.94. The summed E-state index contributed by atoms with van der Waals surface area (Å²) in [4.78, 5) is 37.4. The van der Waals surface area contributed by atoms with Gasteiger partial charge in [-0.2, -0.15) is 0 Å². The molecule has 2 rings (SSSR count). The smallest absolute Gasteiger partial charge is 0.321 e. The number of carbonyl (C=O) groups is 3. The Labute approximate surface area is 117 Å². The molecule has 0 saturated carbocycles. The minimum Gasteiger partial charge on any atom is -0.465 e. The first kappa shape index (κ1) is 14.2. The number of likely N-dealkylation sites (tertiary alicyclic amines) is 1. The van der Waals surface area contributed by atoms with Crippen LogP contribution in [-0.2, 0) is 25.7 Å². The van der Waals surface area contributed by atoms with E-state index in [2.05, 4.69) is 0 Å². The number of hydrogen-bond acceptors (Lipinski definition) is 4. The van der Waals surface area contributed by atoms with E-state index in [1.807, 2.05) is 30.3 Å². The quantitative estimate of drug-likeness (QED) is 0.470. The highest BCUT2D eigenvalue weighted by atomic mass is 16.5. The molecular formula is C15H17NO4. The first-order chi connectivity index (χ1) is 9.49. The molecular weight excluding hydrogens is 258 g/mol. The summed E-state index contributed by atoms with van der Waals surface area (Å²) in [6.07, 6.45) is 0. The van der Waals surface area contributed by atoms with Crippen LogP contribution in [0, 0.1) is 5.41 Å². The number of nitrogens with zero attached hydrogens (tertiary/aromatic N) is 1. The number of Topliss-reactive ketones (excluding diaryl/α,β-unsaturated/α-hetero) is 1. The minimum atomic E-state index is -1.39. The molecule has 1 atom stereocenters. The number of rotatable bonds is 4. The highest BCUT2D eigenvalue weighted by Gasteiger charge is 2.54. The van der Waals surface area contributed by atoms with E-state index in [9.17, 15) is 14.4 Å². The van der Waals surface area contributed by atoms with E-state index in [-0.39, 0.29) is 13.2 Å². The molecule has 20 heavy (non-hydrogen) atoms. The molecule has 1 amide bonds. The maximum atomic E-state index is 12.1. The molecule has 0 N–H and O–H groups in total. The Hall–Kier alpha value is -2.17. The second kappa shape index (κ2) is 5.45. The van der Waals surface area contributed by atoms with E-state index in [0.717, 1.165) is 5.56 Å². The third-order valence-corrected chi connectivity index (χ3v) is 3.43. The molecule has 5 heteroatoms. The largest absolute Gasteiger partial charge is 0.465 e. The van der Waals surface area contributed by atoms with Crippen LogP contribution < -0.4 is 0 Å². The van der Waals surface area contributed by atoms with Crippen LogP contribution in [0.1, 0.15) is 19.4 Å². The lowest BCUT2D eigenvalue weighted by Crippen LogP contribution is -2.38. The summed E-state index contributed by atoms with van der Waals surface area (Å²) in [5, 5.41) is 0. The van der Waals surface area contributed by atoms with Crippen LogP contribution >= 0.6 is 0 Å². The van der Waals surface area contributed by atoms with Crippen molar-refractivity contribution in [3.05, 3.63) is 35.9 Å². The molecule has 5 nitrogen and oxygen atoms in total. The Kier molecular flexibility index (Phi) is 3.88. The Bertz CT molecular complexity index is 540. The average molecular weight is 275 g/mol. The Morgan fingerprint density at radius 1 is 1.30 bits per heavy atom. The molecule has 0 spiro atoms. The molecule has 1 aromatic rings. The summed E-state index contributed by atoms with van der Waals surface area (Å²) in [6, 6.07) is 9.35. The number of esters is 1. The van der Waals surface area contributed by atoms with Gasteiger partial charge in [0.25, 0.3) is 5.91 Å². The fraction of sp³-hybridized carbons (Fsp3) is 0.400. The van der Waals surface area contributed by atoms with Crippen molar-refractivity contribution in [2.75, 3.05) is 13.2 Å². The highest BCUT2D eigenvalue weighted by molar-refractivity contribution is 6.43. The first-order valence-electron chi connectivity index (χ1n) is 6.54. The number of amides is 1. The molecule has 1 aliphatic rings. The first-order valence-corrected chi connectivity index (χ1v) is 6.54. The van der Waals surface area contributed by atoms with Gasteiger partial charge in [0.1, 0.15) is 0 Å². The molecule has 0 radical (unpaired) electrons. The van der Waals surface area contributed by atoms with Crippen LogP contribution in [-0.4, -0.2) is 35.7 Å². The minimum absolute atomic E-state index is 0.0679. The van der Waals surface area contributed by atoms with Crippen molar-refractivity contribution < 1.29 is 19.1 Å². The van der Waals surface area contributed by atoms with Gasteiger partial charge in [-0.15, -0.1) is 0 Å². The molecule has 0 aliphatic carbocycles. The van der Waals surface area contributed by atoms with Crippen molar-refractivity contribution in [2.24, 2.45) is 5.41 Å². The number of hydrogen-bond donors (Lipinski definition) is 0. The van der Waals surface area contributed by atoms with Crippen molar-refractivity contribution in [3.63, 3.8) is 0 Å². The van der Waals surface area contributed by atoms with E-state index >= 15 is 0 Å². The number of ether oxygens (including phenoxy) is 1. The van der Waals surface area contributed by atoms with Gasteiger partial charge in [-0.3, -0.25) is 14.4 Å². The van der Waals surface area contributed by atoms with Gasteiger partial charge < -0.3 is 9.64 Å². The van der Waals surface area contributed by atoms with Gasteiger partial charge in [-0.05, 0) is 19.4 Å². The highest BCUT2D eigenvalue weighted by Crippen LogP contribution is 2.30. The van der Waals surface area contributed by atoms with Gasteiger partial charge in [0.15, 0.2) is 5.41 Å². The van der Waals surface area contributed by atoms with Crippen LogP contribution in [0.2, 0.25) is 0 Å². The molecule has 0 bridgehead atoms. The predicted octanol–water partition coefficient (Wildman–Crippen LogP) is 1.17. The molecule has 1 heterocycles. The van der Waals surface area contributed by atoms with E-state index in [1.54, 1.807) is 6.92 Å². The van der Waals surface area contributed by atoms with E-state index in [0.29, 0.717) is 6.54 Å². The fourth-order valence-electron chi connectivity index (χ4n) is 2.28. The standard InChI is InChI=1S/C15H17NO4/c1-3-20-14(19)15(2)10-16(13(18)12(15)17)9-11-7-5-4-6-8-11/h4-8H,3,9-10H2,1-2H3/t15-/m1/s1. The maximum absolute atomic E-state index is 12.1. The van der Waals surface area contributed by atoms with Gasteiger partial charge in [0, 0.05) is 13.1 Å².